The van der Waals surface area contributed by atoms with Crippen molar-refractivity contribution in [2.24, 2.45) is 5.92 Å². The average Bonchev–Trinajstić information content (AvgIpc) is 2.68. The SMILES string of the molecule is CSC(=O)SC(C)C1CC1. The van der Waals surface area contributed by atoms with E-state index in [1.807, 2.05) is 6.26 Å². The van der Waals surface area contributed by atoms with Gasteiger partial charge in [0.1, 0.15) is 0 Å². The topological polar surface area (TPSA) is 17.1 Å². The van der Waals surface area contributed by atoms with Crippen LogP contribution in [0.2, 0.25) is 0 Å². The molecule has 0 bridgehead atoms. The molecule has 0 radical (unpaired) electrons. The second-order valence-corrected chi connectivity index (χ2v) is 5.00. The smallest absolute Gasteiger partial charge is 0.246 e. The molecule has 0 aromatic rings. The van der Waals surface area contributed by atoms with E-state index in [1.165, 1.54) is 36.4 Å². The van der Waals surface area contributed by atoms with E-state index in [0.29, 0.717) is 5.25 Å². The number of hydrogen-bond donors (Lipinski definition) is 0. The molecule has 0 saturated heterocycles. The van der Waals surface area contributed by atoms with Crippen molar-refractivity contribution in [3.05, 3.63) is 0 Å². The zero-order valence-corrected chi connectivity index (χ0v) is 7.93. The van der Waals surface area contributed by atoms with E-state index in [4.69, 9.17) is 0 Å². The van der Waals surface area contributed by atoms with Gasteiger partial charge in [-0.05, 0) is 25.0 Å². The first-order valence-corrected chi connectivity index (χ1v) is 5.59. The molecule has 0 heterocycles. The van der Waals surface area contributed by atoms with Gasteiger partial charge in [-0.25, -0.2) is 0 Å². The molecular formula is C7H12OS2. The third-order valence-corrected chi connectivity index (χ3v) is 3.81. The van der Waals surface area contributed by atoms with Gasteiger partial charge in [-0.15, -0.1) is 0 Å². The fourth-order valence-electron chi connectivity index (χ4n) is 0.862. The molecule has 1 unspecified atom stereocenters. The molecular weight excluding hydrogens is 164 g/mol. The molecule has 1 fully saturated rings. The molecule has 1 atom stereocenters. The van der Waals surface area contributed by atoms with Crippen LogP contribution in [0.1, 0.15) is 19.8 Å². The lowest BCUT2D eigenvalue weighted by molar-refractivity contribution is 0.276. The van der Waals surface area contributed by atoms with Gasteiger partial charge in [0.05, 0.1) is 0 Å². The maximum atomic E-state index is 10.9. The van der Waals surface area contributed by atoms with Crippen LogP contribution in [0, 0.1) is 5.92 Å². The van der Waals surface area contributed by atoms with Gasteiger partial charge in [0.25, 0.3) is 0 Å². The lowest BCUT2D eigenvalue weighted by Gasteiger charge is -2.05. The van der Waals surface area contributed by atoms with E-state index < -0.39 is 0 Å². The summed E-state index contributed by atoms with van der Waals surface area (Å²) >= 11 is 2.82. The summed E-state index contributed by atoms with van der Waals surface area (Å²) in [5, 5.41) is 0.556. The Kier molecular flexibility index (Phi) is 3.11. The first-order valence-electron chi connectivity index (χ1n) is 3.48. The van der Waals surface area contributed by atoms with E-state index in [9.17, 15) is 4.79 Å². The summed E-state index contributed by atoms with van der Waals surface area (Å²) in [4.78, 5) is 10.9. The van der Waals surface area contributed by atoms with Crippen LogP contribution >= 0.6 is 23.5 Å². The summed E-state index contributed by atoms with van der Waals surface area (Å²) in [6.45, 7) is 2.15. The highest BCUT2D eigenvalue weighted by molar-refractivity contribution is 8.38. The monoisotopic (exact) mass is 176 g/mol. The summed E-state index contributed by atoms with van der Waals surface area (Å²) in [6.07, 6.45) is 4.50. The number of hydrogen-bond acceptors (Lipinski definition) is 3. The predicted octanol–water partition coefficient (Wildman–Crippen LogP) is 3.00. The predicted molar refractivity (Wildman–Crippen MR) is 48.7 cm³/mol. The molecule has 3 heteroatoms. The summed E-state index contributed by atoms with van der Waals surface area (Å²) in [5.74, 6) is 0.834. The van der Waals surface area contributed by atoms with Crippen molar-refractivity contribution in [2.45, 2.75) is 25.0 Å². The molecule has 10 heavy (non-hydrogen) atoms. The molecule has 1 aliphatic rings. The Bertz CT molecular complexity index is 132. The lowest BCUT2D eigenvalue weighted by Crippen LogP contribution is -2.00. The van der Waals surface area contributed by atoms with Gasteiger partial charge in [0.15, 0.2) is 0 Å². The van der Waals surface area contributed by atoms with Crippen LogP contribution in [0.25, 0.3) is 0 Å². The Morgan fingerprint density at radius 1 is 1.60 bits per heavy atom. The molecule has 0 aromatic carbocycles. The highest BCUT2D eigenvalue weighted by Crippen LogP contribution is 2.39. The fourth-order valence-corrected chi connectivity index (χ4v) is 2.47. The van der Waals surface area contributed by atoms with E-state index in [-0.39, 0.29) is 4.45 Å². The van der Waals surface area contributed by atoms with Crippen LogP contribution in [0.5, 0.6) is 0 Å². The van der Waals surface area contributed by atoms with E-state index in [0.717, 1.165) is 5.92 Å². The summed E-state index contributed by atoms with van der Waals surface area (Å²) < 4.78 is 0.263. The first kappa shape index (κ1) is 8.47. The third kappa shape index (κ3) is 2.54. The minimum absolute atomic E-state index is 0.263. The van der Waals surface area contributed by atoms with Crippen LogP contribution in [0.15, 0.2) is 0 Å². The molecule has 1 saturated carbocycles. The molecule has 58 valence electrons. The quantitative estimate of drug-likeness (QED) is 0.644. The number of carbonyl (C=O) groups is 1. The number of carbonyl (C=O) groups excluding carboxylic acids is 1. The van der Waals surface area contributed by atoms with Gasteiger partial charge in [-0.1, -0.05) is 30.4 Å². The molecule has 0 spiro atoms. The van der Waals surface area contributed by atoms with Crippen LogP contribution in [-0.4, -0.2) is 16.0 Å². The Balaban J connectivity index is 2.16. The van der Waals surface area contributed by atoms with Gasteiger partial charge in [-0.2, -0.15) is 0 Å². The zero-order chi connectivity index (χ0) is 7.56. The summed E-state index contributed by atoms with van der Waals surface area (Å²) in [7, 11) is 0. The van der Waals surface area contributed by atoms with Crippen LogP contribution in [0.3, 0.4) is 0 Å². The normalized spacial score (nSPS) is 20.6. The number of rotatable bonds is 2. The molecule has 0 amide bonds. The van der Waals surface area contributed by atoms with Crippen molar-refractivity contribution in [3.8, 4) is 0 Å². The van der Waals surface area contributed by atoms with Gasteiger partial charge >= 0.3 is 0 Å². The molecule has 0 N–H and O–H groups in total. The molecule has 0 aromatic heterocycles. The van der Waals surface area contributed by atoms with Crippen LogP contribution < -0.4 is 0 Å². The van der Waals surface area contributed by atoms with Gasteiger partial charge in [0.2, 0.25) is 4.45 Å². The maximum Gasteiger partial charge on any atom is 0.246 e. The van der Waals surface area contributed by atoms with Crippen molar-refractivity contribution in [1.29, 1.82) is 0 Å². The first-order chi connectivity index (χ1) is 4.74. The van der Waals surface area contributed by atoms with Crippen molar-refractivity contribution in [2.75, 3.05) is 6.26 Å². The summed E-state index contributed by atoms with van der Waals surface area (Å²) in [5.41, 5.74) is 0. The Hall–Kier alpha value is 0.370. The van der Waals surface area contributed by atoms with E-state index >= 15 is 0 Å². The maximum absolute atomic E-state index is 10.9. The molecule has 0 aliphatic heterocycles. The Morgan fingerprint density at radius 2 is 2.20 bits per heavy atom. The second kappa shape index (κ2) is 3.67. The van der Waals surface area contributed by atoms with Crippen molar-refractivity contribution in [1.82, 2.24) is 0 Å². The minimum Gasteiger partial charge on any atom is -0.274 e. The molecule has 1 rings (SSSR count). The van der Waals surface area contributed by atoms with Crippen LogP contribution in [0.4, 0.5) is 4.79 Å². The van der Waals surface area contributed by atoms with Gasteiger partial charge in [0, 0.05) is 5.25 Å². The van der Waals surface area contributed by atoms with E-state index in [2.05, 4.69) is 6.92 Å². The summed E-state index contributed by atoms with van der Waals surface area (Å²) in [6, 6.07) is 0. The van der Waals surface area contributed by atoms with Crippen molar-refractivity contribution < 1.29 is 4.79 Å². The largest absolute Gasteiger partial charge is 0.274 e. The minimum atomic E-state index is 0.263. The molecule has 1 aliphatic carbocycles. The highest BCUT2D eigenvalue weighted by Gasteiger charge is 2.29. The Labute approximate surface area is 70.3 Å². The van der Waals surface area contributed by atoms with Gasteiger partial charge in [-0.3, -0.25) is 4.79 Å². The Morgan fingerprint density at radius 3 is 2.60 bits per heavy atom. The van der Waals surface area contributed by atoms with Crippen molar-refractivity contribution in [3.63, 3.8) is 0 Å². The fraction of sp³-hybridized carbons (Fsp3) is 0.857. The standard InChI is InChI=1S/C7H12OS2/c1-5(6-3-4-6)10-7(8)9-2/h5-6H,3-4H2,1-2H3. The second-order valence-electron chi connectivity index (χ2n) is 2.61. The molecule has 1 nitrogen and oxygen atoms in total. The van der Waals surface area contributed by atoms with Gasteiger partial charge < -0.3 is 0 Å². The third-order valence-electron chi connectivity index (χ3n) is 1.73. The highest BCUT2D eigenvalue weighted by atomic mass is 32.2. The average molecular weight is 176 g/mol. The van der Waals surface area contributed by atoms with E-state index in [1.54, 1.807) is 0 Å². The lowest BCUT2D eigenvalue weighted by atomic mass is 10.3. The zero-order valence-electron chi connectivity index (χ0n) is 6.29. The van der Waals surface area contributed by atoms with Crippen LogP contribution in [-0.2, 0) is 0 Å². The van der Waals surface area contributed by atoms with Crippen molar-refractivity contribution >= 4 is 28.0 Å². The number of thioether (sulfide) groups is 2.